The van der Waals surface area contributed by atoms with Crippen molar-refractivity contribution in [3.8, 4) is 5.75 Å². The molecular weight excluding hydrogens is 474 g/mol. The maximum atomic E-state index is 14.3. The van der Waals surface area contributed by atoms with Crippen LogP contribution in [0.5, 0.6) is 5.75 Å². The second-order valence-corrected chi connectivity index (χ2v) is 9.09. The van der Waals surface area contributed by atoms with E-state index in [1.807, 2.05) is 0 Å². The standard InChI is InChI=1S/C23H21F4N3O5/c1-10-2-5-13(15(24)6-10)20(23(25,26)27)28-21(33)14-8-29-9-16-30(11-3-4-12(7-11)35-16)22(34)17(29)19(32)18(14)31/h2,5-6,8,11-12,16,20,32H,3-4,7,9H2,1H3,(H,28,33)/t11-,12+,16+,20+/m1/s1. The molecule has 0 spiro atoms. The summed E-state index contributed by atoms with van der Waals surface area (Å²) in [6.45, 7) is 1.48. The van der Waals surface area contributed by atoms with E-state index in [0.717, 1.165) is 29.3 Å². The largest absolute Gasteiger partial charge is 0.503 e. The molecule has 2 amide bonds. The number of nitrogens with zero attached hydrogens (tertiary/aromatic N) is 2. The van der Waals surface area contributed by atoms with Gasteiger partial charge in [0.2, 0.25) is 5.43 Å². The van der Waals surface area contributed by atoms with E-state index in [0.29, 0.717) is 18.4 Å². The van der Waals surface area contributed by atoms with E-state index < -0.39 is 58.4 Å². The summed E-state index contributed by atoms with van der Waals surface area (Å²) in [6.07, 6.45) is -2.77. The minimum absolute atomic E-state index is 0.0164. The average Bonchev–Trinajstić information content (AvgIpc) is 3.14. The summed E-state index contributed by atoms with van der Waals surface area (Å²) in [6, 6.07) is 0.218. The molecule has 0 unspecified atom stereocenters. The molecule has 1 aliphatic carbocycles. The summed E-state index contributed by atoms with van der Waals surface area (Å²) in [5, 5.41) is 12.2. The molecule has 2 aromatic rings. The summed E-state index contributed by atoms with van der Waals surface area (Å²) >= 11 is 0. The molecule has 3 aliphatic rings. The van der Waals surface area contributed by atoms with Crippen LogP contribution in [-0.4, -0.2) is 50.9 Å². The van der Waals surface area contributed by atoms with E-state index in [-0.39, 0.29) is 24.4 Å². The molecule has 3 heterocycles. The minimum Gasteiger partial charge on any atom is -0.503 e. The normalized spacial score (nSPS) is 24.1. The van der Waals surface area contributed by atoms with Gasteiger partial charge in [-0.05, 0) is 37.8 Å². The first-order valence-corrected chi connectivity index (χ1v) is 11.0. The van der Waals surface area contributed by atoms with Crippen molar-refractivity contribution >= 4 is 11.8 Å². The third-order valence-electron chi connectivity index (χ3n) is 6.77. The van der Waals surface area contributed by atoms with Gasteiger partial charge in [-0.1, -0.05) is 12.1 Å². The number of amides is 2. The topological polar surface area (TPSA) is 101 Å². The quantitative estimate of drug-likeness (QED) is 0.638. The maximum absolute atomic E-state index is 14.3. The van der Waals surface area contributed by atoms with Gasteiger partial charge in [0.25, 0.3) is 11.8 Å². The lowest BCUT2D eigenvalue weighted by Crippen LogP contribution is -2.57. The molecule has 1 saturated carbocycles. The Morgan fingerprint density at radius 3 is 2.69 bits per heavy atom. The molecule has 1 aromatic carbocycles. The molecule has 1 saturated heterocycles. The number of carbonyl (C=O) groups is 2. The van der Waals surface area contributed by atoms with Gasteiger partial charge in [0.15, 0.2) is 23.7 Å². The number of halogens is 4. The molecule has 0 radical (unpaired) electrons. The van der Waals surface area contributed by atoms with Crippen molar-refractivity contribution in [1.82, 2.24) is 14.8 Å². The molecule has 2 N–H and O–H groups in total. The predicted octanol–water partition coefficient (Wildman–Crippen LogP) is 2.77. The molecular formula is C23H21F4N3O5. The number of aromatic hydroxyl groups is 1. The number of aryl methyl sites for hydroxylation is 1. The number of nitrogens with one attached hydrogen (secondary N) is 1. The Morgan fingerprint density at radius 2 is 2.00 bits per heavy atom. The highest BCUT2D eigenvalue weighted by molar-refractivity contribution is 5.99. The van der Waals surface area contributed by atoms with Gasteiger partial charge < -0.3 is 24.6 Å². The van der Waals surface area contributed by atoms with Crippen LogP contribution < -0.4 is 10.7 Å². The van der Waals surface area contributed by atoms with Crippen LogP contribution in [0.2, 0.25) is 0 Å². The van der Waals surface area contributed by atoms with Crippen LogP contribution in [0.1, 0.15) is 57.3 Å². The van der Waals surface area contributed by atoms with Gasteiger partial charge >= 0.3 is 6.18 Å². The van der Waals surface area contributed by atoms with Gasteiger partial charge in [0, 0.05) is 17.8 Å². The lowest BCUT2D eigenvalue weighted by molar-refractivity contribution is -0.155. The third kappa shape index (κ3) is 3.85. The van der Waals surface area contributed by atoms with Crippen molar-refractivity contribution in [1.29, 1.82) is 0 Å². The van der Waals surface area contributed by atoms with Crippen molar-refractivity contribution in [3.63, 3.8) is 0 Å². The smallest absolute Gasteiger partial charge is 0.412 e. The van der Waals surface area contributed by atoms with Crippen molar-refractivity contribution in [2.45, 2.75) is 63.3 Å². The second-order valence-electron chi connectivity index (χ2n) is 9.09. The summed E-state index contributed by atoms with van der Waals surface area (Å²) < 4.78 is 62.6. The Morgan fingerprint density at radius 1 is 1.26 bits per heavy atom. The number of ether oxygens (including phenoxy) is 1. The molecule has 35 heavy (non-hydrogen) atoms. The van der Waals surface area contributed by atoms with Crippen LogP contribution in [0, 0.1) is 12.7 Å². The van der Waals surface area contributed by atoms with E-state index >= 15 is 0 Å². The number of pyridine rings is 1. The molecule has 1 aromatic heterocycles. The van der Waals surface area contributed by atoms with Gasteiger partial charge in [0.05, 0.1) is 12.6 Å². The Hall–Kier alpha value is -3.41. The minimum atomic E-state index is -5.08. The first kappa shape index (κ1) is 23.3. The lowest BCUT2D eigenvalue weighted by atomic mass is 10.0. The van der Waals surface area contributed by atoms with Gasteiger partial charge in [0.1, 0.15) is 11.4 Å². The number of fused-ring (bicyclic) bond motifs is 5. The zero-order valence-electron chi connectivity index (χ0n) is 18.4. The fraction of sp³-hybridized carbons (Fsp3) is 0.435. The van der Waals surface area contributed by atoms with Crippen LogP contribution in [0.15, 0.2) is 29.2 Å². The van der Waals surface area contributed by atoms with Crippen LogP contribution in [0.3, 0.4) is 0 Å². The summed E-state index contributed by atoms with van der Waals surface area (Å²) in [7, 11) is 0. The fourth-order valence-electron chi connectivity index (χ4n) is 5.13. The number of hydrogen-bond acceptors (Lipinski definition) is 5. The zero-order chi connectivity index (χ0) is 25.2. The predicted molar refractivity (Wildman–Crippen MR) is 112 cm³/mol. The number of hydrogen-bond donors (Lipinski definition) is 2. The average molecular weight is 495 g/mol. The van der Waals surface area contributed by atoms with Gasteiger partial charge in [-0.25, -0.2) is 4.39 Å². The highest BCUT2D eigenvalue weighted by atomic mass is 19.4. The van der Waals surface area contributed by atoms with Gasteiger partial charge in [-0.15, -0.1) is 0 Å². The molecule has 2 bridgehead atoms. The molecule has 2 aliphatic heterocycles. The Kier molecular flexibility index (Phi) is 5.38. The first-order valence-electron chi connectivity index (χ1n) is 11.0. The van der Waals surface area contributed by atoms with Crippen molar-refractivity contribution in [2.24, 2.45) is 0 Å². The number of aromatic nitrogens is 1. The van der Waals surface area contributed by atoms with Crippen LogP contribution in [0.4, 0.5) is 17.6 Å². The number of benzene rings is 1. The fourth-order valence-corrected chi connectivity index (χ4v) is 5.13. The Bertz CT molecular complexity index is 1290. The molecule has 2 fully saturated rings. The van der Waals surface area contributed by atoms with Gasteiger partial charge in [-0.2, -0.15) is 13.2 Å². The van der Waals surface area contributed by atoms with Gasteiger partial charge in [-0.3, -0.25) is 14.4 Å². The zero-order valence-corrected chi connectivity index (χ0v) is 18.4. The van der Waals surface area contributed by atoms with Crippen molar-refractivity contribution in [3.05, 3.63) is 62.8 Å². The van der Waals surface area contributed by atoms with E-state index in [4.69, 9.17) is 4.74 Å². The SMILES string of the molecule is Cc1ccc([C@H](NC(=O)c2cn3c(c(O)c2=O)C(=O)N2[C@@H]4CC[C@@H](C4)O[C@H]2C3)C(F)(F)F)c(F)c1. The molecule has 4 atom stereocenters. The van der Waals surface area contributed by atoms with E-state index in [2.05, 4.69) is 0 Å². The number of carbonyl (C=O) groups excluding carboxylic acids is 2. The third-order valence-corrected chi connectivity index (χ3v) is 6.77. The molecule has 8 nitrogen and oxygen atoms in total. The Balaban J connectivity index is 1.50. The number of rotatable bonds is 3. The van der Waals surface area contributed by atoms with Crippen LogP contribution in [0.25, 0.3) is 0 Å². The van der Waals surface area contributed by atoms with Crippen molar-refractivity contribution in [2.75, 3.05) is 0 Å². The maximum Gasteiger partial charge on any atom is 0.412 e. The monoisotopic (exact) mass is 495 g/mol. The molecule has 5 rings (SSSR count). The van der Waals surface area contributed by atoms with E-state index in [1.54, 1.807) is 5.32 Å². The Labute approximate surface area is 196 Å². The summed E-state index contributed by atoms with van der Waals surface area (Å²) in [5.41, 5.74) is -2.90. The van der Waals surface area contributed by atoms with Crippen LogP contribution in [-0.2, 0) is 11.3 Å². The second kappa shape index (κ2) is 8.08. The molecule has 186 valence electrons. The lowest BCUT2D eigenvalue weighted by Gasteiger charge is -2.44. The summed E-state index contributed by atoms with van der Waals surface area (Å²) in [5.74, 6) is -4.33. The number of alkyl halides is 3. The van der Waals surface area contributed by atoms with Crippen molar-refractivity contribution < 1.29 is 37.0 Å². The van der Waals surface area contributed by atoms with E-state index in [1.165, 1.54) is 17.9 Å². The highest BCUT2D eigenvalue weighted by Crippen LogP contribution is 2.39. The van der Waals surface area contributed by atoms with Crippen LogP contribution >= 0.6 is 0 Å². The highest BCUT2D eigenvalue weighted by Gasteiger charge is 2.48. The summed E-state index contributed by atoms with van der Waals surface area (Å²) in [4.78, 5) is 40.1. The first-order chi connectivity index (χ1) is 16.5. The van der Waals surface area contributed by atoms with E-state index in [9.17, 15) is 37.1 Å². The molecule has 12 heteroatoms.